The maximum absolute atomic E-state index is 13.3. The summed E-state index contributed by atoms with van der Waals surface area (Å²) >= 11 is 0. The number of unbranched alkanes of at least 4 members (excludes halogenated alkanes) is 2. The van der Waals surface area contributed by atoms with Crippen LogP contribution in [0.4, 0.5) is 0 Å². The van der Waals surface area contributed by atoms with E-state index in [1.165, 1.54) is 0 Å². The van der Waals surface area contributed by atoms with Crippen molar-refractivity contribution < 1.29 is 52.0 Å². The first kappa shape index (κ1) is 56.9. The first-order valence-electron chi connectivity index (χ1n) is 26.8. The van der Waals surface area contributed by atoms with Gasteiger partial charge in [0.1, 0.15) is 12.0 Å². The third-order valence-electron chi connectivity index (χ3n) is 13.4. The minimum absolute atomic E-state index is 0.173. The number of rotatable bonds is 26. The molecule has 6 aliphatic heterocycles. The Labute approximate surface area is 420 Å². The molecule has 0 N–H and O–H groups in total. The molecule has 0 radical (unpaired) electrons. The van der Waals surface area contributed by atoms with E-state index in [2.05, 4.69) is 96.9 Å². The number of aldehydes is 1. The molecule has 7 rings (SSSR count). The van der Waals surface area contributed by atoms with Crippen LogP contribution in [0.25, 0.3) is 0 Å². The van der Waals surface area contributed by atoms with Gasteiger partial charge in [0.05, 0.1) is 13.2 Å². The van der Waals surface area contributed by atoms with Gasteiger partial charge in [0.25, 0.3) is 0 Å². The van der Waals surface area contributed by atoms with E-state index in [4.69, 9.17) is 42.4 Å². The van der Waals surface area contributed by atoms with Crippen LogP contribution in [0.1, 0.15) is 139 Å². The van der Waals surface area contributed by atoms with E-state index in [9.17, 15) is 9.59 Å². The highest BCUT2D eigenvalue weighted by molar-refractivity contribution is 7.13. The molecule has 1 aromatic carbocycles. The number of carbonyl (C=O) groups is 2. The lowest BCUT2D eigenvalue weighted by atomic mass is 10.2. The Balaban J connectivity index is 1.41. The van der Waals surface area contributed by atoms with Crippen molar-refractivity contribution in [1.29, 1.82) is 0 Å². The minimum atomic E-state index is -3.35. The number of hydrogen-bond donors (Lipinski definition) is 0. The summed E-state index contributed by atoms with van der Waals surface area (Å²) in [6.07, 6.45) is 4.23. The van der Waals surface area contributed by atoms with Crippen LogP contribution in [-0.4, -0.2) is 94.0 Å². The quantitative estimate of drug-likeness (QED) is 0.0379. The predicted molar refractivity (Wildman–Crippen MR) is 288 cm³/mol. The molecule has 8 unspecified atom stereocenters. The van der Waals surface area contributed by atoms with Crippen LogP contribution < -0.4 is 4.74 Å². The second-order valence-corrected chi connectivity index (χ2v) is 54.8. The molecule has 388 valence electrons. The number of hydrogen-bond acceptors (Lipinski definition) is 12. The van der Waals surface area contributed by atoms with Crippen molar-refractivity contribution in [2.24, 2.45) is 41.4 Å². The lowest BCUT2D eigenvalue weighted by Gasteiger charge is -2.66. The summed E-state index contributed by atoms with van der Waals surface area (Å²) in [6.45, 7) is 33.4. The molecule has 20 heteroatoms. The summed E-state index contributed by atoms with van der Waals surface area (Å²) in [5, 5.41) is 0. The second-order valence-electron chi connectivity index (χ2n) is 24.7. The Morgan fingerprint density at radius 1 is 0.456 bits per heavy atom. The van der Waals surface area contributed by atoms with Crippen molar-refractivity contribution >= 4 is 80.7 Å². The third-order valence-corrected chi connectivity index (χ3v) is 65.7. The van der Waals surface area contributed by atoms with E-state index in [1.807, 2.05) is 12.1 Å². The fourth-order valence-electron chi connectivity index (χ4n) is 12.7. The van der Waals surface area contributed by atoms with Crippen LogP contribution >= 0.6 is 0 Å². The highest BCUT2D eigenvalue weighted by atomic mass is 28.6. The average molecular weight is 1090 g/mol. The van der Waals surface area contributed by atoms with E-state index in [1.54, 1.807) is 12.1 Å². The maximum Gasteiger partial charge on any atom is 0.322 e. The molecule has 0 spiro atoms. The highest BCUT2D eigenvalue weighted by Crippen LogP contribution is 2.59. The topological polar surface area (TPSA) is 126 Å². The summed E-state index contributed by atoms with van der Waals surface area (Å²) in [4.78, 5) is 24.3. The number of benzene rings is 1. The van der Waals surface area contributed by atoms with E-state index in [0.717, 1.165) is 90.6 Å². The molecule has 6 fully saturated rings. The zero-order valence-electron chi connectivity index (χ0n) is 44.8. The molecule has 6 aliphatic rings. The van der Waals surface area contributed by atoms with Gasteiger partial charge in [-0.05, 0) is 140 Å². The first-order chi connectivity index (χ1) is 31.8. The van der Waals surface area contributed by atoms with Crippen molar-refractivity contribution in [3.63, 3.8) is 0 Å². The Bertz CT molecular complexity index is 1670. The summed E-state index contributed by atoms with van der Waals surface area (Å²) < 4.78 is 79.0. The normalized spacial score (nSPS) is 34.5. The molecule has 1 aromatic rings. The van der Waals surface area contributed by atoms with E-state index in [-0.39, 0.29) is 5.97 Å². The van der Waals surface area contributed by atoms with Crippen LogP contribution in [0.5, 0.6) is 5.75 Å². The summed E-state index contributed by atoms with van der Waals surface area (Å²) in [5.74, 6) is 2.91. The minimum Gasteiger partial charge on any atom is -0.494 e. The first-order valence-corrected chi connectivity index (χ1v) is 44.6. The lowest BCUT2D eigenvalue weighted by Crippen LogP contribution is -2.85. The molecule has 68 heavy (non-hydrogen) atoms. The lowest BCUT2D eigenvalue weighted by molar-refractivity contribution is -0.143. The molecule has 0 saturated carbocycles. The largest absolute Gasteiger partial charge is 0.494 e. The van der Waals surface area contributed by atoms with E-state index in [0.29, 0.717) is 84.8 Å². The molecular formula is C48H92O12Si8. The molecule has 12 nitrogen and oxygen atoms in total. The fourth-order valence-corrected chi connectivity index (χ4v) is 86.5. The van der Waals surface area contributed by atoms with E-state index < -0.39 is 68.5 Å². The molecule has 0 amide bonds. The third kappa shape index (κ3) is 14.9. The van der Waals surface area contributed by atoms with Gasteiger partial charge in [0.15, 0.2) is 0 Å². The second kappa shape index (κ2) is 23.0. The summed E-state index contributed by atoms with van der Waals surface area (Å²) in [7, 11) is -25.8. The van der Waals surface area contributed by atoms with Gasteiger partial charge in [0, 0.05) is 34.7 Å². The standard InChI is InChI=1S/C48H92O12Si8/c1-39(2)28-62-35-61(26-18-25-52-48(50)19-16-15-17-24-51-47-22-20-46(27-49)21-23-47)53-63(29-40(3)4)36-65(55-62,31-42(7)8)59-68(34-45(13)14)38-67(56-62,33-44(11)12)58-64(54-61,30-41(5)6)37-66(57-63,60-68)32-43(9)10/h20-23,27,39-45H,15-19,24-26,28-38H2,1-14H3. The average Bonchev–Trinajstić information content (AvgIpc) is 3.13. The smallest absolute Gasteiger partial charge is 0.322 e. The Kier molecular flexibility index (Phi) is 19.2. The summed E-state index contributed by atoms with van der Waals surface area (Å²) in [5.41, 5.74) is 3.54. The number of esters is 1. The SMILES string of the molecule is CC(C)C[Si]12C[Si]3(CC(C)C)O[Si]4(CC(C)C)C[Si]5(CC(C)C)O[Si](CC(C)C)(C[Si](CCCOC(=O)CCCCCOc6ccc(C=O)cc6)(O1)O4)O[Si](CC(C)C)(C[Si](CC(C)C)(O3)O5)O2. The monoisotopic (exact) mass is 1080 g/mol. The highest BCUT2D eigenvalue weighted by Gasteiger charge is 2.79. The molecule has 0 aromatic heterocycles. The summed E-state index contributed by atoms with van der Waals surface area (Å²) in [6, 6.07) is 13.7. The van der Waals surface area contributed by atoms with Crippen molar-refractivity contribution in [3.8, 4) is 5.75 Å². The van der Waals surface area contributed by atoms with Gasteiger partial charge in [0.2, 0.25) is 0 Å². The molecule has 6 heterocycles. The number of ether oxygens (including phenoxy) is 2. The van der Waals surface area contributed by atoms with Gasteiger partial charge in [-0.2, -0.15) is 0 Å². The fraction of sp³-hybridized carbons (Fsp3) is 0.833. The van der Waals surface area contributed by atoms with Crippen molar-refractivity contribution in [3.05, 3.63) is 29.8 Å². The van der Waals surface area contributed by atoms with Crippen LogP contribution in [0, 0.1) is 41.4 Å². The van der Waals surface area contributed by atoms with Crippen molar-refractivity contribution in [1.82, 2.24) is 0 Å². The maximum atomic E-state index is 13.3. The number of carbonyl (C=O) groups excluding carboxylic acids is 2. The van der Waals surface area contributed by atoms with Gasteiger partial charge >= 0.3 is 74.5 Å². The molecule has 6 saturated heterocycles. The molecule has 8 bridgehead atoms. The van der Waals surface area contributed by atoms with Gasteiger partial charge in [-0.3, -0.25) is 9.59 Å². The van der Waals surface area contributed by atoms with Crippen molar-refractivity contribution in [2.75, 3.05) is 13.2 Å². The zero-order chi connectivity index (χ0) is 49.8. The predicted octanol–water partition coefficient (Wildman–Crippen LogP) is 12.9. The molecule has 0 aliphatic carbocycles. The van der Waals surface area contributed by atoms with Crippen LogP contribution in [0.3, 0.4) is 0 Å². The Morgan fingerprint density at radius 3 is 1.10 bits per heavy atom. The molecule has 8 atom stereocenters. The zero-order valence-corrected chi connectivity index (χ0v) is 52.8. The van der Waals surface area contributed by atoms with Gasteiger partial charge in [-0.25, -0.2) is 0 Å². The van der Waals surface area contributed by atoms with Gasteiger partial charge < -0.3 is 42.4 Å². The van der Waals surface area contributed by atoms with Crippen LogP contribution in [-0.2, 0) is 42.5 Å². The molecular weight excluding hydrogens is 993 g/mol. The van der Waals surface area contributed by atoms with Crippen LogP contribution in [0.15, 0.2) is 24.3 Å². The Morgan fingerprint density at radius 2 is 0.779 bits per heavy atom. The van der Waals surface area contributed by atoms with Gasteiger partial charge in [-0.15, -0.1) is 0 Å². The van der Waals surface area contributed by atoms with Gasteiger partial charge in [-0.1, -0.05) is 96.9 Å². The Hall–Kier alpha value is -0.425. The van der Waals surface area contributed by atoms with E-state index >= 15 is 0 Å². The van der Waals surface area contributed by atoms with Crippen LogP contribution in [0.2, 0.25) is 71.0 Å². The van der Waals surface area contributed by atoms with Crippen molar-refractivity contribution in [2.45, 2.75) is 200 Å².